The van der Waals surface area contributed by atoms with Gasteiger partial charge >= 0.3 is 0 Å². The summed E-state index contributed by atoms with van der Waals surface area (Å²) in [5.74, 6) is 1.59. The van der Waals surface area contributed by atoms with Crippen LogP contribution < -0.4 is 26.0 Å². The first kappa shape index (κ1) is 27.1. The summed E-state index contributed by atoms with van der Waals surface area (Å²) in [5, 5.41) is 24.3. The molecule has 208 valence electrons. The van der Waals surface area contributed by atoms with Crippen LogP contribution in [0, 0.1) is 12.8 Å². The Labute approximate surface area is 224 Å². The summed E-state index contributed by atoms with van der Waals surface area (Å²) in [5.41, 5.74) is 3.36. The lowest BCUT2D eigenvalue weighted by Gasteiger charge is -2.35. The molecule has 4 atom stereocenters. The number of nitrogens with zero attached hydrogens (tertiary/aromatic N) is 2. The molecular formula is C28H42N6O4. The van der Waals surface area contributed by atoms with Gasteiger partial charge in [0.1, 0.15) is 12.4 Å². The van der Waals surface area contributed by atoms with Gasteiger partial charge in [0.2, 0.25) is 5.91 Å². The molecule has 0 radical (unpaired) electrons. The summed E-state index contributed by atoms with van der Waals surface area (Å²) in [6, 6.07) is 6.64. The van der Waals surface area contributed by atoms with E-state index in [4.69, 9.17) is 9.15 Å². The van der Waals surface area contributed by atoms with E-state index in [0.717, 1.165) is 69.2 Å². The fourth-order valence-corrected chi connectivity index (χ4v) is 5.73. The third kappa shape index (κ3) is 7.33. The van der Waals surface area contributed by atoms with Gasteiger partial charge < -0.3 is 30.2 Å². The number of aromatic nitrogens is 1. The molecule has 0 spiro atoms. The van der Waals surface area contributed by atoms with E-state index in [1.165, 1.54) is 30.4 Å². The number of β-amino-alcohol motifs (C(OH)–C–C–N with tert-alkyl or cyclic N) is 1. The number of nitrogens with one attached hydrogen (secondary N) is 4. The maximum Gasteiger partial charge on any atom is 0.223 e. The van der Waals surface area contributed by atoms with E-state index in [9.17, 15) is 9.90 Å². The molecule has 1 aromatic heterocycles. The Morgan fingerprint density at radius 2 is 2.24 bits per heavy atom. The SMILES string of the molecule is Cc1ncoc1COc1ccc2c(c1)CCN(C[C@@H](O)CNC(=O)C1CCNC(NC3CCCNC3)C1)C2. The Kier molecular flexibility index (Phi) is 9.29. The van der Waals surface area contributed by atoms with Crippen LogP contribution in [0.3, 0.4) is 0 Å². The van der Waals surface area contributed by atoms with E-state index < -0.39 is 6.10 Å². The van der Waals surface area contributed by atoms with Crippen LogP contribution in [0.2, 0.25) is 0 Å². The molecule has 38 heavy (non-hydrogen) atoms. The van der Waals surface area contributed by atoms with Crippen LogP contribution in [-0.4, -0.2) is 78.5 Å². The topological polar surface area (TPSA) is 124 Å². The van der Waals surface area contributed by atoms with Gasteiger partial charge in [-0.05, 0) is 75.4 Å². The van der Waals surface area contributed by atoms with Crippen LogP contribution in [0.1, 0.15) is 48.3 Å². The number of rotatable bonds is 10. The van der Waals surface area contributed by atoms with Gasteiger partial charge in [0.15, 0.2) is 12.2 Å². The summed E-state index contributed by atoms with van der Waals surface area (Å²) in [6.45, 7) is 7.63. The molecule has 1 amide bonds. The van der Waals surface area contributed by atoms with Crippen LogP contribution in [0.5, 0.6) is 5.75 Å². The number of hydrogen-bond donors (Lipinski definition) is 5. The molecule has 3 aliphatic rings. The minimum absolute atomic E-state index is 0.0243. The van der Waals surface area contributed by atoms with E-state index in [-0.39, 0.29) is 24.5 Å². The van der Waals surface area contributed by atoms with E-state index in [2.05, 4.69) is 43.3 Å². The molecule has 0 bridgehead atoms. The molecule has 0 saturated carbocycles. The van der Waals surface area contributed by atoms with Crippen LogP contribution in [0.4, 0.5) is 0 Å². The smallest absolute Gasteiger partial charge is 0.223 e. The molecular weight excluding hydrogens is 484 g/mol. The second-order valence-electron chi connectivity index (χ2n) is 10.9. The van der Waals surface area contributed by atoms with E-state index >= 15 is 0 Å². The van der Waals surface area contributed by atoms with Crippen LogP contribution in [0.15, 0.2) is 29.0 Å². The van der Waals surface area contributed by atoms with Crippen molar-refractivity contribution in [2.75, 3.05) is 39.3 Å². The van der Waals surface area contributed by atoms with Crippen molar-refractivity contribution in [3.63, 3.8) is 0 Å². The highest BCUT2D eigenvalue weighted by Crippen LogP contribution is 2.25. The van der Waals surface area contributed by atoms with Crippen molar-refractivity contribution < 1.29 is 19.1 Å². The predicted octanol–water partition coefficient (Wildman–Crippen LogP) is 1.06. The van der Waals surface area contributed by atoms with Crippen molar-refractivity contribution in [2.45, 2.75) is 70.5 Å². The van der Waals surface area contributed by atoms with E-state index in [1.807, 2.05) is 13.0 Å². The zero-order valence-electron chi connectivity index (χ0n) is 22.4. The quantitative estimate of drug-likeness (QED) is 0.309. The maximum absolute atomic E-state index is 12.9. The number of hydrogen-bond acceptors (Lipinski definition) is 9. The molecule has 2 fully saturated rings. The summed E-state index contributed by atoms with van der Waals surface area (Å²) in [7, 11) is 0. The Bertz CT molecular complexity index is 1060. The standard InChI is InChI=1S/C28H42N6O4/c1-19-26(38-18-32-19)17-37-25-5-4-22-15-34(10-7-20(22)11-25)16-24(35)14-31-28(36)21-6-9-30-27(12-21)33-23-3-2-8-29-13-23/h4-5,11,18,21,23-24,27,29-30,33,35H,2-3,6-10,12-17H2,1H3,(H,31,36)/t21?,23?,24-,27?/m0/s1. The second kappa shape index (κ2) is 13.0. The summed E-state index contributed by atoms with van der Waals surface area (Å²) < 4.78 is 11.3. The fourth-order valence-electron chi connectivity index (χ4n) is 5.73. The molecule has 2 saturated heterocycles. The number of aliphatic hydroxyl groups is 1. The number of carbonyl (C=O) groups excluding carboxylic acids is 1. The fraction of sp³-hybridized carbons (Fsp3) is 0.643. The molecule has 4 heterocycles. The zero-order chi connectivity index (χ0) is 26.3. The number of ether oxygens (including phenoxy) is 1. The largest absolute Gasteiger partial charge is 0.486 e. The van der Waals surface area contributed by atoms with Crippen molar-refractivity contribution in [1.82, 2.24) is 31.2 Å². The highest BCUT2D eigenvalue weighted by Gasteiger charge is 2.29. The molecule has 10 nitrogen and oxygen atoms in total. The van der Waals surface area contributed by atoms with Gasteiger partial charge in [-0.3, -0.25) is 15.0 Å². The molecule has 0 aliphatic carbocycles. The van der Waals surface area contributed by atoms with Gasteiger partial charge in [-0.15, -0.1) is 0 Å². The van der Waals surface area contributed by atoms with Gasteiger partial charge in [0.05, 0.1) is 18.0 Å². The second-order valence-corrected chi connectivity index (χ2v) is 10.9. The number of piperidine rings is 2. The molecule has 1 aromatic carbocycles. The summed E-state index contributed by atoms with van der Waals surface area (Å²) in [6.07, 6.45) is 5.87. The first-order valence-corrected chi connectivity index (χ1v) is 14.1. The average molecular weight is 527 g/mol. The van der Waals surface area contributed by atoms with Gasteiger partial charge in [0, 0.05) is 44.7 Å². The predicted molar refractivity (Wildman–Crippen MR) is 144 cm³/mol. The minimum Gasteiger partial charge on any atom is -0.486 e. The minimum atomic E-state index is -0.600. The van der Waals surface area contributed by atoms with Crippen molar-refractivity contribution >= 4 is 5.91 Å². The number of oxazole rings is 1. The maximum atomic E-state index is 12.9. The van der Waals surface area contributed by atoms with Crippen LogP contribution >= 0.6 is 0 Å². The van der Waals surface area contributed by atoms with Crippen molar-refractivity contribution in [3.05, 3.63) is 47.2 Å². The van der Waals surface area contributed by atoms with E-state index in [0.29, 0.717) is 19.2 Å². The number of aliphatic hydroxyl groups excluding tert-OH is 1. The van der Waals surface area contributed by atoms with Crippen molar-refractivity contribution in [2.24, 2.45) is 5.92 Å². The monoisotopic (exact) mass is 526 g/mol. The number of fused-ring (bicyclic) bond motifs is 1. The number of carbonyl (C=O) groups is 1. The number of benzene rings is 1. The molecule has 5 rings (SSSR count). The Balaban J connectivity index is 1.03. The van der Waals surface area contributed by atoms with Crippen molar-refractivity contribution in [1.29, 1.82) is 0 Å². The number of amides is 1. The Morgan fingerprint density at radius 1 is 1.32 bits per heavy atom. The summed E-state index contributed by atoms with van der Waals surface area (Å²) in [4.78, 5) is 19.2. The third-order valence-electron chi connectivity index (χ3n) is 7.97. The molecule has 3 unspecified atom stereocenters. The molecule has 10 heteroatoms. The third-order valence-corrected chi connectivity index (χ3v) is 7.97. The van der Waals surface area contributed by atoms with Gasteiger partial charge in [-0.1, -0.05) is 6.07 Å². The average Bonchev–Trinajstić information content (AvgIpc) is 3.35. The molecule has 2 aromatic rings. The van der Waals surface area contributed by atoms with Gasteiger partial charge in [-0.25, -0.2) is 4.98 Å². The lowest BCUT2D eigenvalue weighted by molar-refractivity contribution is -0.126. The highest BCUT2D eigenvalue weighted by atomic mass is 16.5. The van der Waals surface area contributed by atoms with Crippen LogP contribution in [-0.2, 0) is 24.4 Å². The lowest BCUT2D eigenvalue weighted by Crippen LogP contribution is -2.56. The molecule has 5 N–H and O–H groups in total. The molecule has 3 aliphatic heterocycles. The van der Waals surface area contributed by atoms with Gasteiger partial charge in [-0.2, -0.15) is 0 Å². The van der Waals surface area contributed by atoms with Crippen molar-refractivity contribution in [3.8, 4) is 5.75 Å². The first-order valence-electron chi connectivity index (χ1n) is 14.1. The number of aryl methyl sites for hydroxylation is 1. The zero-order valence-corrected chi connectivity index (χ0v) is 22.4. The lowest BCUT2D eigenvalue weighted by atomic mass is 9.94. The summed E-state index contributed by atoms with van der Waals surface area (Å²) >= 11 is 0. The highest BCUT2D eigenvalue weighted by molar-refractivity contribution is 5.78. The Morgan fingerprint density at radius 3 is 3.05 bits per heavy atom. The van der Waals surface area contributed by atoms with Crippen LogP contribution in [0.25, 0.3) is 0 Å². The van der Waals surface area contributed by atoms with Gasteiger partial charge in [0.25, 0.3) is 0 Å². The normalized spacial score (nSPS) is 24.9. The van der Waals surface area contributed by atoms with E-state index in [1.54, 1.807) is 0 Å². The first-order chi connectivity index (χ1) is 18.5. The Hall–Kier alpha value is -2.50.